The summed E-state index contributed by atoms with van der Waals surface area (Å²) in [7, 11) is 0. The lowest BCUT2D eigenvalue weighted by Crippen LogP contribution is -2.67. The van der Waals surface area contributed by atoms with E-state index in [9.17, 15) is 39.9 Å². The van der Waals surface area contributed by atoms with Crippen molar-refractivity contribution in [3.63, 3.8) is 0 Å². The van der Waals surface area contributed by atoms with Gasteiger partial charge in [-0.15, -0.1) is 0 Å². The Morgan fingerprint density at radius 2 is 1.85 bits per heavy atom. The van der Waals surface area contributed by atoms with E-state index in [1.807, 2.05) is 13.8 Å². The number of Topliss-reactive ketones (excluding diaryl/α,β-unsaturated/α-hetero) is 1. The molecule has 1 aliphatic heterocycles. The van der Waals surface area contributed by atoms with Gasteiger partial charge in [0.05, 0.1) is 41.9 Å². The number of hydrogen-bond donors (Lipinski definition) is 5. The normalized spacial score (nSPS) is 48.4. The number of carbonyl (C=O) groups excluding carboxylic acids is 2. The van der Waals surface area contributed by atoms with Crippen molar-refractivity contribution in [3.05, 3.63) is 23.3 Å². The number of carboxylic acid groups (broad SMARTS) is 1. The Labute approximate surface area is 228 Å². The van der Waals surface area contributed by atoms with Crippen LogP contribution in [-0.2, 0) is 19.1 Å². The molecule has 1 heterocycles. The lowest BCUT2D eigenvalue weighted by Gasteiger charge is -2.62. The zero-order valence-corrected chi connectivity index (χ0v) is 23.7. The van der Waals surface area contributed by atoms with Crippen molar-refractivity contribution in [2.75, 3.05) is 6.61 Å². The molecule has 1 saturated heterocycles. The van der Waals surface area contributed by atoms with Crippen LogP contribution < -0.4 is 0 Å². The Balaban J connectivity index is 1.57. The van der Waals surface area contributed by atoms with Gasteiger partial charge >= 0.3 is 5.97 Å². The number of allylic oxidation sites excluding steroid dienone is 1. The number of aliphatic hydroxyl groups is 4. The Kier molecular flexibility index (Phi) is 6.10. The van der Waals surface area contributed by atoms with Gasteiger partial charge in [-0.05, 0) is 61.7 Å². The van der Waals surface area contributed by atoms with E-state index in [-0.39, 0.29) is 42.8 Å². The molecule has 5 N–H and O–H groups in total. The zero-order valence-electron chi connectivity index (χ0n) is 23.7. The average molecular weight is 547 g/mol. The van der Waals surface area contributed by atoms with Gasteiger partial charge in [-0.1, -0.05) is 33.8 Å². The van der Waals surface area contributed by atoms with E-state index >= 15 is 0 Å². The molecule has 0 bridgehead atoms. The molecule has 0 aromatic carbocycles. The molecule has 0 aromatic heterocycles. The van der Waals surface area contributed by atoms with Crippen LogP contribution in [0.5, 0.6) is 0 Å². The summed E-state index contributed by atoms with van der Waals surface area (Å²) in [5, 5.41) is 53.7. The lowest BCUT2D eigenvalue weighted by molar-refractivity contribution is -0.151. The van der Waals surface area contributed by atoms with Gasteiger partial charge in [-0.25, -0.2) is 0 Å². The summed E-state index contributed by atoms with van der Waals surface area (Å²) in [5.41, 5.74) is -5.63. The fourth-order valence-electron chi connectivity index (χ4n) is 9.28. The average Bonchev–Trinajstić information content (AvgIpc) is 3.53. The first-order valence-electron chi connectivity index (χ1n) is 14.0. The molecular formula is C30H42O9. The molecule has 0 radical (unpaired) electrons. The summed E-state index contributed by atoms with van der Waals surface area (Å²) in [6.45, 7) is 10.1. The topological polar surface area (TPSA) is 165 Å². The minimum absolute atomic E-state index is 0.144. The molecule has 5 aliphatic rings. The van der Waals surface area contributed by atoms with E-state index in [1.54, 1.807) is 13.0 Å². The minimum Gasteiger partial charge on any atom is -0.481 e. The molecule has 2 saturated carbocycles. The van der Waals surface area contributed by atoms with E-state index in [0.717, 1.165) is 5.57 Å². The second-order valence-electron chi connectivity index (χ2n) is 14.0. The number of fused-ring (bicyclic) bond motifs is 3. The second kappa shape index (κ2) is 8.32. The van der Waals surface area contributed by atoms with Crippen LogP contribution in [-0.4, -0.2) is 79.2 Å². The molecule has 4 aliphatic carbocycles. The summed E-state index contributed by atoms with van der Waals surface area (Å²) >= 11 is 0. The van der Waals surface area contributed by atoms with Gasteiger partial charge in [-0.3, -0.25) is 14.4 Å². The van der Waals surface area contributed by atoms with Crippen molar-refractivity contribution in [1.29, 1.82) is 0 Å². The molecule has 0 aromatic rings. The molecule has 3 fully saturated rings. The number of hydrogen-bond acceptors (Lipinski definition) is 8. The van der Waals surface area contributed by atoms with Crippen molar-refractivity contribution in [1.82, 2.24) is 0 Å². The fourth-order valence-corrected chi connectivity index (χ4v) is 9.28. The zero-order chi connectivity index (χ0) is 29.1. The fraction of sp³-hybridized carbons (Fsp3) is 0.767. The highest BCUT2D eigenvalue weighted by Gasteiger charge is 2.85. The van der Waals surface area contributed by atoms with E-state index in [2.05, 4.69) is 6.92 Å². The maximum Gasteiger partial charge on any atom is 0.306 e. The first-order chi connectivity index (χ1) is 17.9. The molecule has 5 rings (SSSR count). The van der Waals surface area contributed by atoms with Crippen LogP contribution >= 0.6 is 0 Å². The first kappa shape index (κ1) is 28.6. The molecule has 39 heavy (non-hydrogen) atoms. The third-order valence-electron chi connectivity index (χ3n) is 11.9. The van der Waals surface area contributed by atoms with Gasteiger partial charge in [0.25, 0.3) is 0 Å². The molecule has 11 atom stereocenters. The largest absolute Gasteiger partial charge is 0.481 e. The smallest absolute Gasteiger partial charge is 0.306 e. The van der Waals surface area contributed by atoms with Crippen LogP contribution in [0.1, 0.15) is 73.6 Å². The van der Waals surface area contributed by atoms with Gasteiger partial charge in [0.15, 0.2) is 5.78 Å². The maximum atomic E-state index is 14.2. The number of epoxide rings is 1. The number of rotatable bonds is 7. The highest BCUT2D eigenvalue weighted by molar-refractivity contribution is 6.02. The lowest BCUT2D eigenvalue weighted by atomic mass is 9.40. The van der Waals surface area contributed by atoms with Crippen LogP contribution in [0.3, 0.4) is 0 Å². The Morgan fingerprint density at radius 1 is 1.21 bits per heavy atom. The van der Waals surface area contributed by atoms with Gasteiger partial charge in [0, 0.05) is 23.7 Å². The summed E-state index contributed by atoms with van der Waals surface area (Å²) < 4.78 is 6.53. The molecule has 1 spiro atoms. The van der Waals surface area contributed by atoms with Crippen LogP contribution in [0.4, 0.5) is 0 Å². The van der Waals surface area contributed by atoms with Crippen molar-refractivity contribution in [2.45, 2.75) is 103 Å². The summed E-state index contributed by atoms with van der Waals surface area (Å²) in [5.74, 6) is -2.90. The molecule has 9 heteroatoms. The highest BCUT2D eigenvalue weighted by Crippen LogP contribution is 2.79. The number of aliphatic carboxylic acids is 1. The Morgan fingerprint density at radius 3 is 2.44 bits per heavy atom. The van der Waals surface area contributed by atoms with E-state index < -0.39 is 62.7 Å². The number of aliphatic hydroxyl groups excluding tert-OH is 3. The predicted octanol–water partition coefficient (Wildman–Crippen LogP) is 1.95. The maximum absolute atomic E-state index is 14.2. The van der Waals surface area contributed by atoms with E-state index in [1.165, 1.54) is 19.9 Å². The first-order valence-corrected chi connectivity index (χ1v) is 14.0. The van der Waals surface area contributed by atoms with Crippen molar-refractivity contribution >= 4 is 17.5 Å². The standard InChI is InChI=1S/C30H42O9/c1-15(24(36)37)9-16(32)13-27(4,38)19-11-22(35)29(6)28(19,5)21(34)10-18-25(2)8-7-20(33)26(3,14-31)17(25)12-23-30(18,29)39-23/h10-11,15,17,20,22-23,31,33,35,38H,7-9,12-14H2,1-6H3,(H,36,37)/t15-,17+,20-,22+,23-,25-,26-,27-,28-,29+,30+/m0/s1. The molecule has 216 valence electrons. The van der Waals surface area contributed by atoms with Crippen molar-refractivity contribution in [2.24, 2.45) is 33.5 Å². The number of carbonyl (C=O) groups is 3. The number of ketones is 2. The Bertz CT molecular complexity index is 1200. The summed E-state index contributed by atoms with van der Waals surface area (Å²) in [6, 6.07) is 0. The van der Waals surface area contributed by atoms with Gasteiger partial charge in [0.1, 0.15) is 11.4 Å². The molecule has 0 amide bonds. The minimum atomic E-state index is -1.80. The molecular weight excluding hydrogens is 504 g/mol. The quantitative estimate of drug-likeness (QED) is 0.237. The monoisotopic (exact) mass is 546 g/mol. The second-order valence-corrected chi connectivity index (χ2v) is 14.0. The SMILES string of the molecule is C[C@@H](CC(=O)C[C@](C)(O)C1=C[C@@H](O)[C@]2(C)[C@]1(C)C(=O)C=C1[C@]23O[C@H]3C[C@H]2[C@](C)(CO)[C@@H](O)CC[C@]12C)C(=O)O. The van der Waals surface area contributed by atoms with Crippen LogP contribution in [0.25, 0.3) is 0 Å². The number of carboxylic acids is 1. The van der Waals surface area contributed by atoms with Crippen molar-refractivity contribution in [3.8, 4) is 0 Å². The van der Waals surface area contributed by atoms with E-state index in [4.69, 9.17) is 4.74 Å². The third-order valence-corrected chi connectivity index (χ3v) is 11.9. The van der Waals surface area contributed by atoms with Gasteiger partial charge < -0.3 is 30.3 Å². The van der Waals surface area contributed by atoms with Crippen molar-refractivity contribution < 1.29 is 44.7 Å². The van der Waals surface area contributed by atoms with Crippen LogP contribution in [0, 0.1) is 33.5 Å². The molecule has 0 unspecified atom stereocenters. The van der Waals surface area contributed by atoms with Gasteiger partial charge in [-0.2, -0.15) is 0 Å². The third kappa shape index (κ3) is 3.28. The number of ether oxygens (including phenoxy) is 1. The summed E-state index contributed by atoms with van der Waals surface area (Å²) in [6.07, 6.45) is 1.88. The van der Waals surface area contributed by atoms with E-state index in [0.29, 0.717) is 19.3 Å². The van der Waals surface area contributed by atoms with Crippen LogP contribution in [0.2, 0.25) is 0 Å². The Hall–Kier alpha value is -1.91. The predicted molar refractivity (Wildman–Crippen MR) is 139 cm³/mol. The summed E-state index contributed by atoms with van der Waals surface area (Å²) in [4.78, 5) is 38.3. The van der Waals surface area contributed by atoms with Gasteiger partial charge in [0.2, 0.25) is 0 Å². The highest BCUT2D eigenvalue weighted by atomic mass is 16.6. The molecule has 9 nitrogen and oxygen atoms in total. The van der Waals surface area contributed by atoms with Crippen LogP contribution in [0.15, 0.2) is 23.3 Å².